The standard InChI is InChI=1S/C13H21N2O2.Na/c14-15(9-8-10-6-7-10)12(13(16)17)11-4-2-1-3-5-11;/h9-12H,1-7,14H2,(H,16,17);/q-1;+1. The van der Waals surface area contributed by atoms with Gasteiger partial charge >= 0.3 is 35.5 Å². The molecule has 0 bridgehead atoms. The zero-order valence-electron chi connectivity index (χ0n) is 11.1. The van der Waals surface area contributed by atoms with Gasteiger partial charge in [-0.05, 0) is 18.8 Å². The largest absolute Gasteiger partial charge is 1.00 e. The van der Waals surface area contributed by atoms with E-state index in [1.807, 2.05) is 0 Å². The SMILES string of the molecule is NN(C=[C-]C1CC1)C(C(=O)O)C1CCCCC1.[Na+]. The number of rotatable bonds is 5. The van der Waals surface area contributed by atoms with Crippen LogP contribution in [-0.4, -0.2) is 22.1 Å². The fourth-order valence-corrected chi connectivity index (χ4v) is 2.54. The van der Waals surface area contributed by atoms with Crippen LogP contribution in [0.2, 0.25) is 0 Å². The van der Waals surface area contributed by atoms with Crippen molar-refractivity contribution < 1.29 is 39.5 Å². The first-order valence-electron chi connectivity index (χ1n) is 6.53. The van der Waals surface area contributed by atoms with Gasteiger partial charge < -0.3 is 16.2 Å². The number of carboxylic acids is 1. The quantitative estimate of drug-likeness (QED) is 0.286. The molecule has 5 heteroatoms. The van der Waals surface area contributed by atoms with Crippen LogP contribution in [0.1, 0.15) is 44.9 Å². The van der Waals surface area contributed by atoms with Gasteiger partial charge in [0.2, 0.25) is 0 Å². The molecule has 2 aliphatic carbocycles. The van der Waals surface area contributed by atoms with Gasteiger partial charge in [0, 0.05) is 0 Å². The summed E-state index contributed by atoms with van der Waals surface area (Å²) in [7, 11) is 0. The van der Waals surface area contributed by atoms with Crippen LogP contribution in [0.5, 0.6) is 0 Å². The molecule has 18 heavy (non-hydrogen) atoms. The van der Waals surface area contributed by atoms with E-state index in [0.717, 1.165) is 38.5 Å². The third-order valence-corrected chi connectivity index (χ3v) is 3.71. The van der Waals surface area contributed by atoms with Crippen LogP contribution in [0.15, 0.2) is 6.20 Å². The van der Waals surface area contributed by atoms with Crippen LogP contribution < -0.4 is 35.4 Å². The number of allylic oxidation sites excluding steroid dienone is 1. The number of hydrogen-bond donors (Lipinski definition) is 2. The van der Waals surface area contributed by atoms with Crippen molar-refractivity contribution >= 4 is 5.97 Å². The number of carbonyl (C=O) groups is 1. The third kappa shape index (κ3) is 4.57. The van der Waals surface area contributed by atoms with Crippen molar-refractivity contribution in [2.24, 2.45) is 17.7 Å². The minimum Gasteiger partial charge on any atom is -0.480 e. The Labute approximate surface area is 131 Å². The van der Waals surface area contributed by atoms with Crippen molar-refractivity contribution in [2.75, 3.05) is 0 Å². The molecule has 1 unspecified atom stereocenters. The molecule has 0 amide bonds. The Morgan fingerprint density at radius 1 is 1.28 bits per heavy atom. The molecule has 0 spiro atoms. The van der Waals surface area contributed by atoms with Gasteiger partial charge in [-0.1, -0.05) is 32.1 Å². The molecule has 2 aliphatic rings. The second-order valence-electron chi connectivity index (χ2n) is 5.20. The summed E-state index contributed by atoms with van der Waals surface area (Å²) in [6, 6.07) is -0.582. The van der Waals surface area contributed by atoms with E-state index in [2.05, 4.69) is 6.08 Å². The molecule has 1 atom stereocenters. The molecule has 2 saturated carbocycles. The van der Waals surface area contributed by atoms with Gasteiger partial charge in [0.15, 0.2) is 0 Å². The Hall–Kier alpha value is -0.0300. The maximum absolute atomic E-state index is 11.3. The van der Waals surface area contributed by atoms with Crippen LogP contribution in [-0.2, 0) is 4.79 Å². The molecule has 2 rings (SSSR count). The number of hydrazine groups is 1. The predicted octanol–water partition coefficient (Wildman–Crippen LogP) is -1.07. The maximum Gasteiger partial charge on any atom is 1.00 e. The van der Waals surface area contributed by atoms with Gasteiger partial charge in [0.05, 0.1) is 0 Å². The van der Waals surface area contributed by atoms with E-state index in [9.17, 15) is 9.90 Å². The molecule has 0 saturated heterocycles. The number of hydrogen-bond acceptors (Lipinski definition) is 3. The van der Waals surface area contributed by atoms with Gasteiger partial charge in [-0.15, -0.1) is 0 Å². The molecule has 0 aliphatic heterocycles. The van der Waals surface area contributed by atoms with Crippen LogP contribution >= 0.6 is 0 Å². The zero-order chi connectivity index (χ0) is 12.3. The Kier molecular flexibility index (Phi) is 6.71. The second-order valence-corrected chi connectivity index (χ2v) is 5.20. The first kappa shape index (κ1) is 16.0. The minimum atomic E-state index is -0.812. The monoisotopic (exact) mass is 260 g/mol. The normalized spacial score (nSPS) is 22.5. The number of carboxylic acid groups (broad SMARTS) is 1. The van der Waals surface area contributed by atoms with Gasteiger partial charge in [0.1, 0.15) is 6.04 Å². The summed E-state index contributed by atoms with van der Waals surface area (Å²) in [5, 5.41) is 10.7. The van der Waals surface area contributed by atoms with Gasteiger partial charge in [-0.3, -0.25) is 5.84 Å². The van der Waals surface area contributed by atoms with E-state index in [4.69, 9.17) is 5.84 Å². The van der Waals surface area contributed by atoms with E-state index in [0.29, 0.717) is 5.92 Å². The molecule has 4 nitrogen and oxygen atoms in total. The van der Waals surface area contributed by atoms with Crippen LogP contribution in [0, 0.1) is 17.9 Å². The summed E-state index contributed by atoms with van der Waals surface area (Å²) in [5.41, 5.74) is 0. The topological polar surface area (TPSA) is 66.6 Å². The molecule has 0 aromatic carbocycles. The van der Waals surface area contributed by atoms with Crippen LogP contribution in [0.3, 0.4) is 0 Å². The third-order valence-electron chi connectivity index (χ3n) is 3.71. The molecule has 2 fully saturated rings. The molecule has 0 aromatic heterocycles. The van der Waals surface area contributed by atoms with Crippen molar-refractivity contribution in [3.63, 3.8) is 0 Å². The van der Waals surface area contributed by atoms with Crippen molar-refractivity contribution in [3.8, 4) is 0 Å². The number of nitrogens with zero attached hydrogens (tertiary/aromatic N) is 1. The predicted molar refractivity (Wildman–Crippen MR) is 64.6 cm³/mol. The fourth-order valence-electron chi connectivity index (χ4n) is 2.54. The molecule has 0 radical (unpaired) electrons. The molecule has 96 valence electrons. The Morgan fingerprint density at radius 2 is 1.89 bits per heavy atom. The molecule has 0 aromatic rings. The van der Waals surface area contributed by atoms with Crippen LogP contribution in [0.4, 0.5) is 0 Å². The molecule has 0 heterocycles. The van der Waals surface area contributed by atoms with E-state index < -0.39 is 12.0 Å². The fraction of sp³-hybridized carbons (Fsp3) is 0.769. The van der Waals surface area contributed by atoms with Crippen LogP contribution in [0.25, 0.3) is 0 Å². The first-order valence-corrected chi connectivity index (χ1v) is 6.53. The maximum atomic E-state index is 11.3. The smallest absolute Gasteiger partial charge is 0.480 e. The average Bonchev–Trinajstić information content (AvgIpc) is 3.11. The minimum absolute atomic E-state index is 0. The second kappa shape index (κ2) is 7.53. The Balaban J connectivity index is 0.00000162. The summed E-state index contributed by atoms with van der Waals surface area (Å²) in [6.45, 7) is 0. The van der Waals surface area contributed by atoms with Crippen molar-refractivity contribution in [1.29, 1.82) is 0 Å². The number of nitrogens with two attached hydrogens (primary N) is 1. The molecular weight excluding hydrogens is 239 g/mol. The van der Waals surface area contributed by atoms with Crippen molar-refractivity contribution in [1.82, 2.24) is 5.01 Å². The average molecular weight is 260 g/mol. The van der Waals surface area contributed by atoms with Gasteiger partial charge in [-0.2, -0.15) is 12.1 Å². The summed E-state index contributed by atoms with van der Waals surface area (Å²) in [6.07, 6.45) is 12.5. The van der Waals surface area contributed by atoms with Gasteiger partial charge in [-0.25, -0.2) is 4.79 Å². The zero-order valence-corrected chi connectivity index (χ0v) is 13.1. The van der Waals surface area contributed by atoms with E-state index in [1.165, 1.54) is 11.4 Å². The van der Waals surface area contributed by atoms with E-state index in [1.54, 1.807) is 6.20 Å². The first-order chi connectivity index (χ1) is 8.18. The Morgan fingerprint density at radius 3 is 2.39 bits per heavy atom. The summed E-state index contributed by atoms with van der Waals surface area (Å²) < 4.78 is 0. The van der Waals surface area contributed by atoms with Crippen molar-refractivity contribution in [3.05, 3.63) is 12.3 Å². The summed E-state index contributed by atoms with van der Waals surface area (Å²) in [5.74, 6) is 5.73. The molecule has 3 N–H and O–H groups in total. The van der Waals surface area contributed by atoms with Gasteiger partial charge in [0.25, 0.3) is 0 Å². The van der Waals surface area contributed by atoms with Crippen molar-refractivity contribution in [2.45, 2.75) is 51.0 Å². The Bertz CT molecular complexity index is 299. The summed E-state index contributed by atoms with van der Waals surface area (Å²) in [4.78, 5) is 11.3. The summed E-state index contributed by atoms with van der Waals surface area (Å²) >= 11 is 0. The molecular formula is C13H21N2NaO2. The van der Waals surface area contributed by atoms with E-state index in [-0.39, 0.29) is 35.5 Å². The van der Waals surface area contributed by atoms with E-state index >= 15 is 0 Å². The number of aliphatic carboxylic acids is 1.